The summed E-state index contributed by atoms with van der Waals surface area (Å²) in [5.74, 6) is -0.908. The van der Waals surface area contributed by atoms with Gasteiger partial charge in [0.2, 0.25) is 0 Å². The van der Waals surface area contributed by atoms with E-state index < -0.39 is 17.7 Å². The van der Waals surface area contributed by atoms with Crippen molar-refractivity contribution in [2.45, 2.75) is 24.9 Å². The average molecular weight is 353 g/mol. The first-order valence-corrected chi connectivity index (χ1v) is 7.94. The van der Waals surface area contributed by atoms with E-state index in [1.807, 2.05) is 12.1 Å². The Balaban J connectivity index is 2.04. The molecule has 3 nitrogen and oxygen atoms in total. The molecule has 1 aliphatic carbocycles. The highest BCUT2D eigenvalue weighted by Crippen LogP contribution is 2.44. The number of halogens is 3. The number of alkyl halides is 3. The number of aromatic carboxylic acids is 1. The molecule has 0 saturated heterocycles. The highest BCUT2D eigenvalue weighted by molar-refractivity contribution is 7.27. The second-order valence-corrected chi connectivity index (χ2v) is 6.48. The summed E-state index contributed by atoms with van der Waals surface area (Å²) in [6.07, 6.45) is -2.48. The summed E-state index contributed by atoms with van der Waals surface area (Å²) < 4.78 is 38.8. The molecule has 0 amide bonds. The van der Waals surface area contributed by atoms with Crippen LogP contribution in [-0.4, -0.2) is 11.1 Å². The van der Waals surface area contributed by atoms with Gasteiger partial charge in [-0.25, -0.2) is 4.79 Å². The molecule has 0 heterocycles. The molecule has 2 N–H and O–H groups in total. The van der Waals surface area contributed by atoms with Crippen LogP contribution in [0.3, 0.4) is 0 Å². The molecule has 3 rings (SSSR count). The lowest BCUT2D eigenvalue weighted by molar-refractivity contribution is -0.137. The summed E-state index contributed by atoms with van der Waals surface area (Å²) in [6.45, 7) is 0. The van der Waals surface area contributed by atoms with E-state index >= 15 is 0 Å². The molecule has 1 saturated carbocycles. The number of nitrogens with one attached hydrogen (secondary N) is 1. The zero-order valence-electron chi connectivity index (χ0n) is 12.5. The predicted molar refractivity (Wildman–Crippen MR) is 89.4 cm³/mol. The molecule has 2 aromatic carbocycles. The van der Waals surface area contributed by atoms with Crippen LogP contribution in [-0.2, 0) is 6.18 Å². The Kier molecular flexibility index (Phi) is 4.26. The number of hydrogen-bond acceptors (Lipinski definition) is 2. The lowest BCUT2D eigenvalue weighted by Gasteiger charge is -2.16. The molecule has 0 spiro atoms. The van der Waals surface area contributed by atoms with E-state index in [9.17, 15) is 23.1 Å². The van der Waals surface area contributed by atoms with Crippen LogP contribution in [0, 0.1) is 0 Å². The number of carboxylic acid groups (broad SMARTS) is 1. The largest absolute Gasteiger partial charge is 0.478 e. The zero-order chi connectivity index (χ0) is 17.5. The van der Waals surface area contributed by atoms with E-state index in [-0.39, 0.29) is 11.3 Å². The summed E-state index contributed by atoms with van der Waals surface area (Å²) in [4.78, 5) is 11.3. The fourth-order valence-corrected chi connectivity index (χ4v) is 2.86. The molecular formula is C17H15F3NO2P. The van der Waals surface area contributed by atoms with E-state index in [0.717, 1.165) is 41.9 Å². The van der Waals surface area contributed by atoms with Crippen molar-refractivity contribution in [2.75, 3.05) is 5.32 Å². The number of carboxylic acids is 1. The molecule has 2 aromatic rings. The molecule has 0 aromatic heterocycles. The number of anilines is 2. The summed E-state index contributed by atoms with van der Waals surface area (Å²) >= 11 is 0. The maximum Gasteiger partial charge on any atom is 0.416 e. The minimum Gasteiger partial charge on any atom is -0.478 e. The number of benzene rings is 2. The molecule has 1 unspecified atom stereocenters. The Bertz CT molecular complexity index is 801. The van der Waals surface area contributed by atoms with Gasteiger partial charge in [0.1, 0.15) is 0 Å². The Morgan fingerprint density at radius 2 is 1.83 bits per heavy atom. The van der Waals surface area contributed by atoms with Gasteiger partial charge in [0.15, 0.2) is 0 Å². The highest BCUT2D eigenvalue weighted by atomic mass is 31.0. The van der Waals surface area contributed by atoms with Crippen molar-refractivity contribution in [1.82, 2.24) is 0 Å². The molecule has 126 valence electrons. The van der Waals surface area contributed by atoms with Crippen LogP contribution in [0.2, 0.25) is 0 Å². The third-order valence-corrected chi connectivity index (χ3v) is 4.30. The van der Waals surface area contributed by atoms with Gasteiger partial charge in [0, 0.05) is 5.69 Å². The van der Waals surface area contributed by atoms with Crippen LogP contribution in [0.25, 0.3) is 0 Å². The summed E-state index contributed by atoms with van der Waals surface area (Å²) in [5, 5.41) is 13.1. The van der Waals surface area contributed by atoms with Crippen molar-refractivity contribution in [2.24, 2.45) is 0 Å². The second kappa shape index (κ2) is 6.10. The van der Waals surface area contributed by atoms with Crippen molar-refractivity contribution in [3.63, 3.8) is 0 Å². The normalized spacial score (nSPS) is 14.5. The number of rotatable bonds is 4. The van der Waals surface area contributed by atoms with Gasteiger partial charge in [-0.05, 0) is 60.0 Å². The van der Waals surface area contributed by atoms with Crippen molar-refractivity contribution in [3.8, 4) is 0 Å². The molecule has 0 bridgehead atoms. The van der Waals surface area contributed by atoms with Crippen LogP contribution in [0.5, 0.6) is 0 Å². The standard InChI is InChI=1S/C17H15F3NO2P/c18-17(19,20)10-3-5-12(16(22)23)15(7-10)21-14-6-4-11(24)8-13(14)9-1-2-9/h3-9,21H,1-2,24H2,(H,22,23). The quantitative estimate of drug-likeness (QED) is 0.795. The fourth-order valence-electron chi connectivity index (χ4n) is 2.58. The van der Waals surface area contributed by atoms with Gasteiger partial charge in [-0.3, -0.25) is 0 Å². The third-order valence-electron chi connectivity index (χ3n) is 3.94. The van der Waals surface area contributed by atoms with Crippen molar-refractivity contribution in [3.05, 3.63) is 53.1 Å². The summed E-state index contributed by atoms with van der Waals surface area (Å²) in [5.41, 5.74) is 0.503. The maximum atomic E-state index is 12.9. The van der Waals surface area contributed by atoms with E-state index in [1.165, 1.54) is 0 Å². The van der Waals surface area contributed by atoms with Crippen molar-refractivity contribution < 1.29 is 23.1 Å². The molecule has 0 radical (unpaired) electrons. The van der Waals surface area contributed by atoms with Gasteiger partial charge in [0.05, 0.1) is 16.8 Å². The lowest BCUT2D eigenvalue weighted by atomic mass is 10.1. The van der Waals surface area contributed by atoms with Gasteiger partial charge < -0.3 is 10.4 Å². The molecule has 1 fully saturated rings. The van der Waals surface area contributed by atoms with E-state index in [4.69, 9.17) is 0 Å². The minimum atomic E-state index is -4.53. The summed E-state index contributed by atoms with van der Waals surface area (Å²) in [6, 6.07) is 8.14. The number of hydrogen-bond donors (Lipinski definition) is 2. The Morgan fingerprint density at radius 1 is 1.12 bits per heavy atom. The van der Waals surface area contributed by atoms with Gasteiger partial charge in [0.25, 0.3) is 0 Å². The predicted octanol–water partition coefficient (Wildman–Crippen LogP) is 4.53. The van der Waals surface area contributed by atoms with E-state index in [1.54, 1.807) is 6.07 Å². The van der Waals surface area contributed by atoms with Crippen molar-refractivity contribution in [1.29, 1.82) is 0 Å². The topological polar surface area (TPSA) is 49.3 Å². The monoisotopic (exact) mass is 353 g/mol. The third kappa shape index (κ3) is 3.54. The maximum absolute atomic E-state index is 12.9. The average Bonchev–Trinajstić information content (AvgIpc) is 3.32. The minimum absolute atomic E-state index is 0.0595. The molecule has 7 heteroatoms. The van der Waals surface area contributed by atoms with Gasteiger partial charge >= 0.3 is 12.1 Å². The highest BCUT2D eigenvalue weighted by Gasteiger charge is 2.32. The first-order chi connectivity index (χ1) is 11.3. The molecule has 24 heavy (non-hydrogen) atoms. The fraction of sp³-hybridized carbons (Fsp3) is 0.235. The first kappa shape index (κ1) is 16.8. The van der Waals surface area contributed by atoms with Crippen LogP contribution in [0.15, 0.2) is 36.4 Å². The smallest absolute Gasteiger partial charge is 0.416 e. The second-order valence-electron chi connectivity index (χ2n) is 5.81. The van der Waals surface area contributed by atoms with Gasteiger partial charge in [-0.1, -0.05) is 6.07 Å². The van der Waals surface area contributed by atoms with Crippen LogP contribution in [0.1, 0.15) is 40.2 Å². The first-order valence-electron chi connectivity index (χ1n) is 7.36. The van der Waals surface area contributed by atoms with Crippen LogP contribution >= 0.6 is 9.24 Å². The Labute approximate surface area is 139 Å². The van der Waals surface area contributed by atoms with E-state index in [0.29, 0.717) is 11.6 Å². The van der Waals surface area contributed by atoms with Gasteiger partial charge in [-0.2, -0.15) is 13.2 Å². The summed E-state index contributed by atoms with van der Waals surface area (Å²) in [7, 11) is 2.59. The molecule has 1 atom stereocenters. The van der Waals surface area contributed by atoms with Crippen LogP contribution < -0.4 is 10.6 Å². The lowest BCUT2D eigenvalue weighted by Crippen LogP contribution is -2.10. The molecule has 1 aliphatic rings. The SMILES string of the molecule is O=C(O)c1ccc(C(F)(F)F)cc1Nc1ccc(P)cc1C1CC1. The van der Waals surface area contributed by atoms with E-state index in [2.05, 4.69) is 14.6 Å². The Morgan fingerprint density at radius 3 is 2.42 bits per heavy atom. The molecule has 0 aliphatic heterocycles. The van der Waals surface area contributed by atoms with Crippen LogP contribution in [0.4, 0.5) is 24.5 Å². The van der Waals surface area contributed by atoms with Gasteiger partial charge in [-0.15, -0.1) is 9.24 Å². The molecular weight excluding hydrogens is 338 g/mol. The Hall–Kier alpha value is -2.07. The zero-order valence-corrected chi connectivity index (χ0v) is 13.7. The number of carbonyl (C=O) groups is 1. The van der Waals surface area contributed by atoms with Crippen molar-refractivity contribution >= 4 is 31.9 Å².